The zero-order chi connectivity index (χ0) is 32.7. The Morgan fingerprint density at radius 1 is 1.11 bits per heavy atom. The second kappa shape index (κ2) is 15.3. The second-order valence-corrected chi connectivity index (χ2v) is 11.9. The van der Waals surface area contributed by atoms with E-state index in [1.807, 2.05) is 58.3 Å². The monoisotopic (exact) mass is 650 g/mol. The summed E-state index contributed by atoms with van der Waals surface area (Å²) in [4.78, 5) is 6.50. The van der Waals surface area contributed by atoms with E-state index in [0.29, 0.717) is 51.9 Å². The molecular formula is C33H37Cl2FN8O. The second-order valence-electron chi connectivity index (χ2n) is 11.1. The number of benzene rings is 3. The SMILES string of the molecule is CC(C)N(N)/C=C(\N)C(Nc1cc(Cl)c2ncc(C#N)c(Nc3ccc(F)c(Cl)c3)c2c1)c1cccc(COCCN(C)C)c1. The van der Waals surface area contributed by atoms with Gasteiger partial charge < -0.3 is 31.0 Å². The molecule has 0 aliphatic heterocycles. The molecule has 1 aromatic heterocycles. The third kappa shape index (κ3) is 8.75. The van der Waals surface area contributed by atoms with Crippen molar-refractivity contribution >= 4 is 51.2 Å². The van der Waals surface area contributed by atoms with Crippen LogP contribution in [0, 0.1) is 17.1 Å². The Balaban J connectivity index is 1.76. The predicted molar refractivity (Wildman–Crippen MR) is 181 cm³/mol. The normalized spacial score (nSPS) is 12.4. The van der Waals surface area contributed by atoms with Crippen molar-refractivity contribution in [3.8, 4) is 6.07 Å². The van der Waals surface area contributed by atoms with Crippen LogP contribution < -0.4 is 22.2 Å². The molecule has 1 atom stereocenters. The fourth-order valence-electron chi connectivity index (χ4n) is 4.50. The number of likely N-dealkylation sites (N-methyl/N-ethyl adjacent to an activating group) is 1. The maximum atomic E-state index is 13.8. The Labute approximate surface area is 273 Å². The van der Waals surface area contributed by atoms with Gasteiger partial charge in [-0.15, -0.1) is 0 Å². The smallest absolute Gasteiger partial charge is 0.141 e. The third-order valence-electron chi connectivity index (χ3n) is 7.01. The van der Waals surface area contributed by atoms with E-state index in [0.717, 1.165) is 17.7 Å². The molecule has 0 spiro atoms. The summed E-state index contributed by atoms with van der Waals surface area (Å²) in [6.45, 7) is 5.79. The van der Waals surface area contributed by atoms with Crippen LogP contribution in [0.2, 0.25) is 10.0 Å². The fourth-order valence-corrected chi connectivity index (χ4v) is 4.95. The van der Waals surface area contributed by atoms with Crippen LogP contribution in [0.4, 0.5) is 21.5 Å². The maximum Gasteiger partial charge on any atom is 0.141 e. The van der Waals surface area contributed by atoms with Crippen LogP contribution in [0.3, 0.4) is 0 Å². The van der Waals surface area contributed by atoms with Crippen molar-refractivity contribution in [1.82, 2.24) is 14.9 Å². The van der Waals surface area contributed by atoms with Crippen LogP contribution in [0.1, 0.15) is 36.6 Å². The van der Waals surface area contributed by atoms with Crippen molar-refractivity contribution in [2.24, 2.45) is 11.6 Å². The van der Waals surface area contributed by atoms with Gasteiger partial charge in [-0.05, 0) is 69.4 Å². The lowest BCUT2D eigenvalue weighted by molar-refractivity contribution is 0.105. The molecule has 6 N–H and O–H groups in total. The van der Waals surface area contributed by atoms with E-state index in [1.165, 1.54) is 24.4 Å². The van der Waals surface area contributed by atoms with E-state index >= 15 is 0 Å². The van der Waals surface area contributed by atoms with E-state index in [-0.39, 0.29) is 16.6 Å². The number of rotatable bonds is 13. The lowest BCUT2D eigenvalue weighted by Crippen LogP contribution is -2.34. The minimum atomic E-state index is -0.550. The van der Waals surface area contributed by atoms with Crippen molar-refractivity contribution in [1.29, 1.82) is 5.26 Å². The van der Waals surface area contributed by atoms with Gasteiger partial charge in [0.25, 0.3) is 0 Å². The first-order valence-electron chi connectivity index (χ1n) is 14.3. The summed E-state index contributed by atoms with van der Waals surface area (Å²) < 4.78 is 19.7. The Kier molecular flexibility index (Phi) is 11.4. The number of hydrazine groups is 1. The maximum absolute atomic E-state index is 13.8. The molecule has 4 aromatic rings. The average Bonchev–Trinajstić information content (AvgIpc) is 3.00. The van der Waals surface area contributed by atoms with Crippen molar-refractivity contribution in [3.63, 3.8) is 0 Å². The summed E-state index contributed by atoms with van der Waals surface area (Å²) in [7, 11) is 4.00. The summed E-state index contributed by atoms with van der Waals surface area (Å²) in [5, 5.41) is 19.0. The molecule has 3 aromatic carbocycles. The molecule has 4 rings (SSSR count). The number of hydrogen-bond acceptors (Lipinski definition) is 9. The molecular weight excluding hydrogens is 614 g/mol. The zero-order valence-electron chi connectivity index (χ0n) is 25.6. The van der Waals surface area contributed by atoms with Crippen molar-refractivity contribution < 1.29 is 9.13 Å². The number of fused-ring (bicyclic) bond motifs is 1. The van der Waals surface area contributed by atoms with Gasteiger partial charge in [0.05, 0.1) is 51.8 Å². The highest BCUT2D eigenvalue weighted by Gasteiger charge is 2.20. The molecule has 12 heteroatoms. The summed E-state index contributed by atoms with van der Waals surface area (Å²) in [5.41, 5.74) is 11.3. The third-order valence-corrected chi connectivity index (χ3v) is 7.59. The van der Waals surface area contributed by atoms with Crippen LogP contribution in [-0.4, -0.2) is 48.2 Å². The molecule has 0 amide bonds. The van der Waals surface area contributed by atoms with Crippen molar-refractivity contribution in [2.75, 3.05) is 37.9 Å². The number of nitriles is 1. The van der Waals surface area contributed by atoms with E-state index < -0.39 is 11.9 Å². The number of anilines is 3. The molecule has 0 fully saturated rings. The van der Waals surface area contributed by atoms with Crippen LogP contribution in [0.25, 0.3) is 10.9 Å². The van der Waals surface area contributed by atoms with Crippen molar-refractivity contribution in [3.05, 3.63) is 105 Å². The van der Waals surface area contributed by atoms with E-state index in [1.54, 1.807) is 17.3 Å². The minimum absolute atomic E-state index is 0.0137. The lowest BCUT2D eigenvalue weighted by atomic mass is 10.0. The van der Waals surface area contributed by atoms with Gasteiger partial charge in [0.2, 0.25) is 0 Å². The van der Waals surface area contributed by atoms with E-state index in [4.69, 9.17) is 39.5 Å². The molecule has 0 aliphatic rings. The number of ether oxygens (including phenoxy) is 1. The summed E-state index contributed by atoms with van der Waals surface area (Å²) >= 11 is 12.8. The first kappa shape index (κ1) is 33.8. The van der Waals surface area contributed by atoms with Crippen LogP contribution in [0.5, 0.6) is 0 Å². The fraction of sp³-hybridized carbons (Fsp3) is 0.273. The quantitative estimate of drug-likeness (QED) is 0.0693. The molecule has 1 unspecified atom stereocenters. The number of nitrogens with one attached hydrogen (secondary N) is 2. The van der Waals surface area contributed by atoms with Gasteiger partial charge in [0.1, 0.15) is 11.9 Å². The predicted octanol–water partition coefficient (Wildman–Crippen LogP) is 6.91. The first-order chi connectivity index (χ1) is 21.5. The van der Waals surface area contributed by atoms with Gasteiger partial charge in [-0.3, -0.25) is 4.98 Å². The number of nitrogens with zero attached hydrogens (tertiary/aromatic N) is 4. The molecule has 0 bridgehead atoms. The molecule has 0 aliphatic carbocycles. The molecule has 1 heterocycles. The number of nitrogens with two attached hydrogens (primary N) is 2. The molecule has 0 saturated carbocycles. The van der Waals surface area contributed by atoms with Gasteiger partial charge in [-0.2, -0.15) is 5.26 Å². The van der Waals surface area contributed by atoms with Crippen LogP contribution in [-0.2, 0) is 11.3 Å². The van der Waals surface area contributed by atoms with Gasteiger partial charge in [0.15, 0.2) is 0 Å². The number of aromatic nitrogens is 1. The highest BCUT2D eigenvalue weighted by atomic mass is 35.5. The topological polar surface area (TPSA) is 128 Å². The highest BCUT2D eigenvalue weighted by molar-refractivity contribution is 6.36. The summed E-state index contributed by atoms with van der Waals surface area (Å²) in [6, 6.07) is 17.4. The Morgan fingerprint density at radius 2 is 1.87 bits per heavy atom. The standard InChI is InChI=1S/C33H37Cl2FN8O/c1-20(2)44(39)18-30(38)32(22-7-5-6-21(12-22)19-45-11-10-43(3)4)42-25-13-26-31(41-24-8-9-29(36)27(34)14-24)23(16-37)17-40-33(26)28(35)15-25/h5-9,12-15,17-18,20,32,42H,10-11,19,38-39H2,1-4H3,(H,40,41)/b30-18-. The summed E-state index contributed by atoms with van der Waals surface area (Å²) in [6.07, 6.45) is 3.14. The Morgan fingerprint density at radius 3 is 2.56 bits per heavy atom. The Bertz CT molecular complexity index is 1720. The van der Waals surface area contributed by atoms with Gasteiger partial charge >= 0.3 is 0 Å². The largest absolute Gasteiger partial charge is 0.399 e. The number of halogens is 3. The van der Waals surface area contributed by atoms with Crippen LogP contribution in [0.15, 0.2) is 72.7 Å². The molecule has 9 nitrogen and oxygen atoms in total. The Hall–Kier alpha value is -4.11. The van der Waals surface area contributed by atoms with E-state index in [9.17, 15) is 9.65 Å². The molecule has 0 radical (unpaired) electrons. The molecule has 0 saturated heterocycles. The lowest BCUT2D eigenvalue weighted by Gasteiger charge is -2.26. The van der Waals surface area contributed by atoms with Gasteiger partial charge in [0, 0.05) is 41.7 Å². The van der Waals surface area contributed by atoms with Crippen molar-refractivity contribution in [2.45, 2.75) is 32.5 Å². The number of pyridine rings is 1. The van der Waals surface area contributed by atoms with Crippen LogP contribution >= 0.6 is 23.2 Å². The minimum Gasteiger partial charge on any atom is -0.399 e. The average molecular weight is 652 g/mol. The summed E-state index contributed by atoms with van der Waals surface area (Å²) in [5.74, 6) is 5.68. The highest BCUT2D eigenvalue weighted by Crippen LogP contribution is 2.37. The zero-order valence-corrected chi connectivity index (χ0v) is 27.1. The van der Waals surface area contributed by atoms with E-state index in [2.05, 4.69) is 26.6 Å². The van der Waals surface area contributed by atoms with Gasteiger partial charge in [-0.1, -0.05) is 47.5 Å². The first-order valence-corrected chi connectivity index (χ1v) is 15.0. The molecule has 45 heavy (non-hydrogen) atoms. The molecule has 236 valence electrons. The number of hydrogen-bond donors (Lipinski definition) is 4. The van der Waals surface area contributed by atoms with Gasteiger partial charge in [-0.25, -0.2) is 10.2 Å².